The van der Waals surface area contributed by atoms with Crippen molar-refractivity contribution in [1.82, 2.24) is 0 Å². The molecule has 132 valence electrons. The third-order valence-corrected chi connectivity index (χ3v) is 5.88. The van der Waals surface area contributed by atoms with Gasteiger partial charge in [0.2, 0.25) is 0 Å². The van der Waals surface area contributed by atoms with Crippen LogP contribution in [0.25, 0.3) is 0 Å². The number of fused-ring (bicyclic) bond motifs is 1. The van der Waals surface area contributed by atoms with E-state index in [0.29, 0.717) is 10.8 Å². The van der Waals surface area contributed by atoms with Crippen LogP contribution in [0.5, 0.6) is 0 Å². The lowest BCUT2D eigenvalue weighted by Gasteiger charge is -2.15. The minimum Gasteiger partial charge on any atom is -0.451 e. The number of para-hydroxylation sites is 1. The largest absolute Gasteiger partial charge is 0.451 e. The van der Waals surface area contributed by atoms with E-state index in [0.717, 1.165) is 36.9 Å². The van der Waals surface area contributed by atoms with Crippen LogP contribution in [-0.4, -0.2) is 18.5 Å². The van der Waals surface area contributed by atoms with Crippen molar-refractivity contribution in [3.05, 3.63) is 51.2 Å². The molecule has 1 aromatic heterocycles. The molecule has 1 aliphatic carbocycles. The van der Waals surface area contributed by atoms with Gasteiger partial charge in [-0.1, -0.05) is 32.0 Å². The maximum atomic E-state index is 12.2. The molecule has 3 rings (SSSR count). The number of rotatable bonds is 6. The summed E-state index contributed by atoms with van der Waals surface area (Å²) in [6.07, 6.45) is 4.23. The van der Waals surface area contributed by atoms with E-state index in [4.69, 9.17) is 4.74 Å². The van der Waals surface area contributed by atoms with Crippen LogP contribution in [0.15, 0.2) is 30.3 Å². The van der Waals surface area contributed by atoms with Crippen LogP contribution < -0.4 is 5.32 Å². The Labute approximate surface area is 152 Å². The van der Waals surface area contributed by atoms with Crippen LogP contribution in [0.2, 0.25) is 0 Å². The lowest BCUT2D eigenvalue weighted by atomic mass is 9.97. The number of amides is 1. The standard InChI is InChI=1S/C20H23NO3S/c1-3-13(2)15-8-4-5-9-16(15)21-19(22)12-24-20(23)18-11-14-7-6-10-17(14)25-18/h4-5,8-9,11,13H,3,6-7,10,12H2,1-2H3,(H,21,22)/t13-/m1/s1. The molecule has 1 aromatic carbocycles. The Bertz CT molecular complexity index is 759. The van der Waals surface area contributed by atoms with E-state index in [9.17, 15) is 9.59 Å². The average Bonchev–Trinajstić information content (AvgIpc) is 3.21. The molecule has 4 nitrogen and oxygen atoms in total. The zero-order chi connectivity index (χ0) is 17.8. The number of thiophene rings is 1. The first-order chi connectivity index (χ1) is 12.1. The Morgan fingerprint density at radius 3 is 2.84 bits per heavy atom. The molecule has 0 bridgehead atoms. The normalized spacial score (nSPS) is 14.0. The fourth-order valence-corrected chi connectivity index (χ4v) is 4.23. The first-order valence-corrected chi connectivity index (χ1v) is 9.57. The number of hydrogen-bond acceptors (Lipinski definition) is 4. The first-order valence-electron chi connectivity index (χ1n) is 8.76. The number of carbonyl (C=O) groups is 2. The number of hydrogen-bond donors (Lipinski definition) is 1. The Hall–Kier alpha value is -2.14. The van der Waals surface area contributed by atoms with Gasteiger partial charge in [-0.05, 0) is 54.9 Å². The second-order valence-corrected chi connectivity index (χ2v) is 7.57. The van der Waals surface area contributed by atoms with Gasteiger partial charge < -0.3 is 10.1 Å². The van der Waals surface area contributed by atoms with Gasteiger partial charge in [-0.3, -0.25) is 4.79 Å². The summed E-state index contributed by atoms with van der Waals surface area (Å²) < 4.78 is 5.19. The van der Waals surface area contributed by atoms with E-state index in [1.54, 1.807) is 0 Å². The maximum absolute atomic E-state index is 12.2. The Balaban J connectivity index is 1.57. The molecular formula is C20H23NO3S. The highest BCUT2D eigenvalue weighted by Crippen LogP contribution is 2.31. The molecule has 0 spiro atoms. The molecule has 0 saturated carbocycles. The van der Waals surface area contributed by atoms with Crippen molar-refractivity contribution in [2.45, 2.75) is 45.4 Å². The average molecular weight is 357 g/mol. The van der Waals surface area contributed by atoms with Gasteiger partial charge in [0.05, 0.1) is 0 Å². The molecule has 25 heavy (non-hydrogen) atoms. The fourth-order valence-electron chi connectivity index (χ4n) is 3.08. The second kappa shape index (κ2) is 7.83. The highest BCUT2D eigenvalue weighted by Gasteiger charge is 2.20. The summed E-state index contributed by atoms with van der Waals surface area (Å²) >= 11 is 1.49. The fraction of sp³-hybridized carbons (Fsp3) is 0.400. The topological polar surface area (TPSA) is 55.4 Å². The van der Waals surface area contributed by atoms with Gasteiger partial charge in [0.1, 0.15) is 4.88 Å². The van der Waals surface area contributed by atoms with E-state index in [2.05, 4.69) is 19.2 Å². The highest BCUT2D eigenvalue weighted by atomic mass is 32.1. The number of benzene rings is 1. The van der Waals surface area contributed by atoms with Crippen LogP contribution in [-0.2, 0) is 22.4 Å². The van der Waals surface area contributed by atoms with E-state index >= 15 is 0 Å². The molecule has 0 saturated heterocycles. The predicted molar refractivity (Wildman–Crippen MR) is 100 cm³/mol. The summed E-state index contributed by atoms with van der Waals surface area (Å²) in [7, 11) is 0. The third kappa shape index (κ3) is 4.10. The smallest absolute Gasteiger partial charge is 0.348 e. The molecule has 1 aliphatic rings. The third-order valence-electron chi connectivity index (χ3n) is 4.66. The van der Waals surface area contributed by atoms with E-state index in [1.165, 1.54) is 21.8 Å². The molecule has 0 radical (unpaired) electrons. The highest BCUT2D eigenvalue weighted by molar-refractivity contribution is 7.14. The first kappa shape index (κ1) is 17.7. The van der Waals surface area contributed by atoms with Gasteiger partial charge in [-0.2, -0.15) is 0 Å². The number of ether oxygens (including phenoxy) is 1. The van der Waals surface area contributed by atoms with Gasteiger partial charge in [-0.15, -0.1) is 11.3 Å². The molecule has 0 unspecified atom stereocenters. The Morgan fingerprint density at radius 1 is 1.28 bits per heavy atom. The molecule has 1 heterocycles. The Kier molecular flexibility index (Phi) is 5.53. The number of anilines is 1. The molecule has 1 N–H and O–H groups in total. The minimum atomic E-state index is -0.412. The van der Waals surface area contributed by atoms with Gasteiger partial charge in [0.15, 0.2) is 6.61 Å². The van der Waals surface area contributed by atoms with Crippen molar-refractivity contribution in [1.29, 1.82) is 0 Å². The second-order valence-electron chi connectivity index (χ2n) is 6.43. The molecular weight excluding hydrogens is 334 g/mol. The predicted octanol–water partition coefficient (Wildman–Crippen LogP) is 4.55. The van der Waals surface area contributed by atoms with E-state index in [1.807, 2.05) is 30.3 Å². The van der Waals surface area contributed by atoms with Crippen LogP contribution in [0.1, 0.15) is 58.3 Å². The van der Waals surface area contributed by atoms with Crippen LogP contribution >= 0.6 is 11.3 Å². The van der Waals surface area contributed by atoms with Gasteiger partial charge in [0, 0.05) is 10.6 Å². The number of esters is 1. The van der Waals surface area contributed by atoms with Crippen molar-refractivity contribution < 1.29 is 14.3 Å². The summed E-state index contributed by atoms with van der Waals surface area (Å²) in [5, 5.41) is 2.86. The zero-order valence-corrected chi connectivity index (χ0v) is 15.4. The van der Waals surface area contributed by atoms with Gasteiger partial charge >= 0.3 is 5.97 Å². The SMILES string of the molecule is CC[C@@H](C)c1ccccc1NC(=O)COC(=O)c1cc2c(s1)CCC2. The molecule has 5 heteroatoms. The molecule has 1 amide bonds. The monoisotopic (exact) mass is 357 g/mol. The summed E-state index contributed by atoms with van der Waals surface area (Å²) in [4.78, 5) is 26.2. The molecule has 0 aliphatic heterocycles. The summed E-state index contributed by atoms with van der Waals surface area (Å²) in [6.45, 7) is 3.97. The summed E-state index contributed by atoms with van der Waals surface area (Å²) in [5.74, 6) is -0.370. The van der Waals surface area contributed by atoms with E-state index < -0.39 is 5.97 Å². The number of nitrogens with one attached hydrogen (secondary N) is 1. The lowest BCUT2D eigenvalue weighted by molar-refractivity contribution is -0.119. The van der Waals surface area contributed by atoms with Crippen LogP contribution in [0.4, 0.5) is 5.69 Å². The maximum Gasteiger partial charge on any atom is 0.348 e. The molecule has 0 fully saturated rings. The number of carbonyl (C=O) groups excluding carboxylic acids is 2. The minimum absolute atomic E-state index is 0.268. The van der Waals surface area contributed by atoms with E-state index in [-0.39, 0.29) is 12.5 Å². The quantitative estimate of drug-likeness (QED) is 0.772. The summed E-state index contributed by atoms with van der Waals surface area (Å²) in [6, 6.07) is 9.66. The van der Waals surface area contributed by atoms with Crippen LogP contribution in [0, 0.1) is 0 Å². The van der Waals surface area contributed by atoms with Crippen molar-refractivity contribution in [2.24, 2.45) is 0 Å². The zero-order valence-electron chi connectivity index (χ0n) is 14.6. The molecule has 2 aromatic rings. The van der Waals surface area contributed by atoms with Crippen LogP contribution in [0.3, 0.4) is 0 Å². The van der Waals surface area contributed by atoms with Gasteiger partial charge in [0.25, 0.3) is 5.91 Å². The van der Waals surface area contributed by atoms with Crippen molar-refractivity contribution >= 4 is 28.9 Å². The summed E-state index contributed by atoms with van der Waals surface area (Å²) in [5.41, 5.74) is 3.14. The lowest BCUT2D eigenvalue weighted by Crippen LogP contribution is -2.21. The van der Waals surface area contributed by atoms with Gasteiger partial charge in [-0.25, -0.2) is 4.79 Å². The van der Waals surface area contributed by atoms with Crippen molar-refractivity contribution in [3.63, 3.8) is 0 Å². The number of aryl methyl sites for hydroxylation is 2. The van der Waals surface area contributed by atoms with Crippen molar-refractivity contribution in [3.8, 4) is 0 Å². The Morgan fingerprint density at radius 2 is 2.08 bits per heavy atom. The van der Waals surface area contributed by atoms with Crippen molar-refractivity contribution in [2.75, 3.05) is 11.9 Å². The molecule has 1 atom stereocenters.